The molecule has 1 aliphatic rings. The zero-order valence-corrected chi connectivity index (χ0v) is 17.9. The molecule has 2 N–H and O–H groups in total. The van der Waals surface area contributed by atoms with Gasteiger partial charge in [-0.15, -0.1) is 0 Å². The molecule has 0 bridgehead atoms. The molecule has 0 atom stereocenters. The molecule has 1 aromatic rings. The van der Waals surface area contributed by atoms with E-state index in [0.717, 1.165) is 36.9 Å². The second-order valence-corrected chi connectivity index (χ2v) is 8.10. The number of hydrogen-bond acceptors (Lipinski definition) is 5. The Morgan fingerprint density at radius 2 is 1.61 bits per heavy atom. The summed E-state index contributed by atoms with van der Waals surface area (Å²) >= 11 is 0. The van der Waals surface area contributed by atoms with E-state index >= 15 is 0 Å². The molecule has 0 aliphatic carbocycles. The van der Waals surface area contributed by atoms with E-state index in [9.17, 15) is 14.4 Å². The fourth-order valence-electron chi connectivity index (χ4n) is 4.08. The Balaban J connectivity index is 2.56. The molecule has 0 spiro atoms. The first-order chi connectivity index (χ1) is 13.2. The highest BCUT2D eigenvalue weighted by atomic mass is 16.2. The summed E-state index contributed by atoms with van der Waals surface area (Å²) in [6.45, 7) is 11.3. The van der Waals surface area contributed by atoms with Crippen LogP contribution in [-0.2, 0) is 17.9 Å². The minimum absolute atomic E-state index is 0.0172. The Bertz CT molecular complexity index is 795. The molecule has 1 fully saturated rings. The Labute approximate surface area is 166 Å². The Hall–Kier alpha value is -2.25. The van der Waals surface area contributed by atoms with Crippen LogP contribution in [-0.4, -0.2) is 45.1 Å². The van der Waals surface area contributed by atoms with E-state index in [1.54, 1.807) is 4.90 Å². The van der Waals surface area contributed by atoms with Crippen LogP contribution in [0, 0.1) is 0 Å². The van der Waals surface area contributed by atoms with Crippen LogP contribution in [0.15, 0.2) is 9.59 Å². The van der Waals surface area contributed by atoms with E-state index in [2.05, 4.69) is 0 Å². The number of hydrogen-bond donors (Lipinski definition) is 1. The molecule has 1 amide bonds. The zero-order chi connectivity index (χ0) is 21.0. The molecule has 0 unspecified atom stereocenters. The van der Waals surface area contributed by atoms with Crippen molar-refractivity contribution in [2.45, 2.75) is 85.5 Å². The van der Waals surface area contributed by atoms with Gasteiger partial charge in [0.1, 0.15) is 18.1 Å². The van der Waals surface area contributed by atoms with Gasteiger partial charge in [0.25, 0.3) is 5.56 Å². The third-order valence-corrected chi connectivity index (χ3v) is 5.26. The van der Waals surface area contributed by atoms with Crippen LogP contribution < -0.4 is 21.9 Å². The predicted molar refractivity (Wildman–Crippen MR) is 113 cm³/mol. The predicted octanol–water partition coefficient (Wildman–Crippen LogP) is 1.64. The molecule has 2 heterocycles. The van der Waals surface area contributed by atoms with Crippen molar-refractivity contribution in [2.24, 2.45) is 0 Å². The van der Waals surface area contributed by atoms with Crippen molar-refractivity contribution in [1.82, 2.24) is 14.0 Å². The van der Waals surface area contributed by atoms with Crippen molar-refractivity contribution in [3.8, 4) is 0 Å². The van der Waals surface area contributed by atoms with E-state index in [1.807, 2.05) is 39.5 Å². The number of anilines is 2. The van der Waals surface area contributed by atoms with Crippen molar-refractivity contribution >= 4 is 17.4 Å². The molecule has 1 aliphatic heterocycles. The van der Waals surface area contributed by atoms with Crippen molar-refractivity contribution in [3.63, 3.8) is 0 Å². The van der Waals surface area contributed by atoms with Gasteiger partial charge in [0.2, 0.25) is 5.91 Å². The second-order valence-electron chi connectivity index (χ2n) is 8.10. The lowest BCUT2D eigenvalue weighted by atomic mass is 10.1. The molecule has 1 aromatic heterocycles. The standard InChI is InChI=1S/C20H35N5O3/c1-6-10-23-18(21)17(22-11-8-7-9-12-22)19(27)24(20(23)28)13-16(26)25(14(2)3)15(4)5/h14-15H,6-13,21H2,1-5H3. The molecular formula is C20H35N5O3. The summed E-state index contributed by atoms with van der Waals surface area (Å²) in [4.78, 5) is 42.8. The van der Waals surface area contributed by atoms with Crippen molar-refractivity contribution in [3.05, 3.63) is 20.8 Å². The number of piperidine rings is 1. The van der Waals surface area contributed by atoms with E-state index in [0.29, 0.717) is 18.7 Å². The van der Waals surface area contributed by atoms with Gasteiger partial charge in [-0.05, 0) is 53.4 Å². The van der Waals surface area contributed by atoms with Gasteiger partial charge in [-0.2, -0.15) is 0 Å². The molecule has 8 nitrogen and oxygen atoms in total. The van der Waals surface area contributed by atoms with Gasteiger partial charge in [0.15, 0.2) is 0 Å². The number of carbonyl (C=O) groups excluding carboxylic acids is 1. The fraction of sp³-hybridized carbons (Fsp3) is 0.750. The van der Waals surface area contributed by atoms with Gasteiger partial charge in [-0.1, -0.05) is 6.92 Å². The fourth-order valence-corrected chi connectivity index (χ4v) is 4.08. The lowest BCUT2D eigenvalue weighted by Crippen LogP contribution is -2.50. The first-order valence-electron chi connectivity index (χ1n) is 10.4. The highest BCUT2D eigenvalue weighted by Gasteiger charge is 2.26. The Kier molecular flexibility index (Phi) is 7.32. The minimum Gasteiger partial charge on any atom is -0.383 e. The van der Waals surface area contributed by atoms with Crippen LogP contribution in [0.5, 0.6) is 0 Å². The first-order valence-corrected chi connectivity index (χ1v) is 10.4. The maximum absolute atomic E-state index is 13.2. The summed E-state index contributed by atoms with van der Waals surface area (Å²) in [5, 5.41) is 0. The maximum atomic E-state index is 13.2. The topological polar surface area (TPSA) is 93.6 Å². The third-order valence-electron chi connectivity index (χ3n) is 5.26. The lowest BCUT2D eigenvalue weighted by molar-refractivity contribution is -0.135. The molecule has 0 radical (unpaired) electrons. The van der Waals surface area contributed by atoms with Crippen molar-refractivity contribution < 1.29 is 4.79 Å². The maximum Gasteiger partial charge on any atom is 0.333 e. The molecule has 8 heteroatoms. The van der Waals surface area contributed by atoms with Crippen LogP contribution in [0.25, 0.3) is 0 Å². The second kappa shape index (κ2) is 9.30. The molecular weight excluding hydrogens is 358 g/mol. The minimum atomic E-state index is -0.508. The Morgan fingerprint density at radius 3 is 2.11 bits per heavy atom. The quantitative estimate of drug-likeness (QED) is 0.760. The largest absolute Gasteiger partial charge is 0.383 e. The van der Waals surface area contributed by atoms with E-state index in [-0.39, 0.29) is 30.4 Å². The number of nitrogens with zero attached hydrogens (tertiary/aromatic N) is 4. The zero-order valence-electron chi connectivity index (χ0n) is 17.9. The molecule has 158 valence electrons. The van der Waals surface area contributed by atoms with E-state index < -0.39 is 11.2 Å². The van der Waals surface area contributed by atoms with Crippen LogP contribution in [0.2, 0.25) is 0 Å². The lowest BCUT2D eigenvalue weighted by Gasteiger charge is -2.32. The van der Waals surface area contributed by atoms with Crippen LogP contribution in [0.1, 0.15) is 60.3 Å². The average Bonchev–Trinajstić information content (AvgIpc) is 2.62. The van der Waals surface area contributed by atoms with E-state index in [1.165, 1.54) is 4.57 Å². The highest BCUT2D eigenvalue weighted by molar-refractivity contribution is 5.77. The van der Waals surface area contributed by atoms with Gasteiger partial charge in [-0.3, -0.25) is 14.2 Å². The molecule has 1 saturated heterocycles. The third kappa shape index (κ3) is 4.42. The number of aromatic nitrogens is 2. The van der Waals surface area contributed by atoms with Crippen LogP contribution >= 0.6 is 0 Å². The molecule has 0 aromatic carbocycles. The molecule has 0 saturated carbocycles. The van der Waals surface area contributed by atoms with E-state index in [4.69, 9.17) is 5.73 Å². The summed E-state index contributed by atoms with van der Waals surface area (Å²) in [6.07, 6.45) is 3.80. The summed E-state index contributed by atoms with van der Waals surface area (Å²) in [5.41, 5.74) is 5.66. The summed E-state index contributed by atoms with van der Waals surface area (Å²) in [5.74, 6) is -0.0198. The van der Waals surface area contributed by atoms with Gasteiger partial charge in [-0.25, -0.2) is 9.36 Å². The van der Waals surface area contributed by atoms with Crippen LogP contribution in [0.4, 0.5) is 11.5 Å². The Morgan fingerprint density at radius 1 is 1.04 bits per heavy atom. The molecule has 2 rings (SSSR count). The van der Waals surface area contributed by atoms with Gasteiger partial charge in [0, 0.05) is 31.7 Å². The highest BCUT2D eigenvalue weighted by Crippen LogP contribution is 2.21. The average molecular weight is 394 g/mol. The van der Waals surface area contributed by atoms with Gasteiger partial charge >= 0.3 is 5.69 Å². The van der Waals surface area contributed by atoms with Gasteiger partial charge in [0.05, 0.1) is 0 Å². The van der Waals surface area contributed by atoms with Crippen molar-refractivity contribution in [1.29, 1.82) is 0 Å². The number of nitrogen functional groups attached to an aromatic ring is 1. The molecule has 28 heavy (non-hydrogen) atoms. The van der Waals surface area contributed by atoms with Gasteiger partial charge < -0.3 is 15.5 Å². The van der Waals surface area contributed by atoms with Crippen LogP contribution in [0.3, 0.4) is 0 Å². The monoisotopic (exact) mass is 393 g/mol. The number of amides is 1. The normalized spacial score (nSPS) is 14.8. The summed E-state index contributed by atoms with van der Waals surface area (Å²) in [6, 6.07) is -0.0344. The number of nitrogens with two attached hydrogens (primary N) is 1. The summed E-state index contributed by atoms with van der Waals surface area (Å²) in [7, 11) is 0. The van der Waals surface area contributed by atoms with Crippen molar-refractivity contribution in [2.75, 3.05) is 23.7 Å². The smallest absolute Gasteiger partial charge is 0.333 e. The SMILES string of the molecule is CCCn1c(N)c(N2CCCCC2)c(=O)n(CC(=O)N(C(C)C)C(C)C)c1=O. The number of rotatable bonds is 7. The summed E-state index contributed by atoms with van der Waals surface area (Å²) < 4.78 is 2.50. The number of carbonyl (C=O) groups is 1. The first kappa shape index (κ1) is 22.0.